The van der Waals surface area contributed by atoms with Crippen molar-refractivity contribution < 1.29 is 9.53 Å². The van der Waals surface area contributed by atoms with Crippen LogP contribution in [0.2, 0.25) is 0 Å². The number of nitrogens with one attached hydrogen (secondary N) is 1. The summed E-state index contributed by atoms with van der Waals surface area (Å²) in [7, 11) is 1.82. The zero-order valence-electron chi connectivity index (χ0n) is 9.87. The van der Waals surface area contributed by atoms with Gasteiger partial charge >= 0.3 is 6.09 Å². The van der Waals surface area contributed by atoms with E-state index in [0.717, 1.165) is 10.2 Å². The Morgan fingerprint density at radius 2 is 2.25 bits per heavy atom. The van der Waals surface area contributed by atoms with Crippen molar-refractivity contribution in [2.75, 3.05) is 0 Å². The Kier molecular flexibility index (Phi) is 3.96. The van der Waals surface area contributed by atoms with Crippen LogP contribution in [0, 0.1) is 0 Å². The predicted octanol–water partition coefficient (Wildman–Crippen LogP) is 2.21. The van der Waals surface area contributed by atoms with Gasteiger partial charge in [0.2, 0.25) is 0 Å². The van der Waals surface area contributed by atoms with Crippen molar-refractivity contribution >= 4 is 22.0 Å². The van der Waals surface area contributed by atoms with E-state index in [2.05, 4.69) is 26.3 Å². The smallest absolute Gasteiger partial charge is 0.407 e. The van der Waals surface area contributed by atoms with Crippen molar-refractivity contribution in [2.45, 2.75) is 32.9 Å². The molecule has 90 valence electrons. The Bertz CT molecular complexity index is 362. The van der Waals surface area contributed by atoms with Gasteiger partial charge in [-0.1, -0.05) is 0 Å². The molecule has 0 saturated carbocycles. The lowest BCUT2D eigenvalue weighted by molar-refractivity contribution is 0.0522. The van der Waals surface area contributed by atoms with Crippen LogP contribution in [0.4, 0.5) is 4.79 Å². The quantitative estimate of drug-likeness (QED) is 0.908. The molecule has 6 heteroatoms. The van der Waals surface area contributed by atoms with Crippen LogP contribution in [0.25, 0.3) is 0 Å². The minimum Gasteiger partial charge on any atom is -0.444 e. The van der Waals surface area contributed by atoms with Gasteiger partial charge in [0.1, 0.15) is 5.60 Å². The number of ether oxygens (including phenoxy) is 1. The fraction of sp³-hybridized carbons (Fsp3) is 0.600. The minimum absolute atomic E-state index is 0.381. The van der Waals surface area contributed by atoms with Gasteiger partial charge in [-0.25, -0.2) is 4.79 Å². The molecule has 0 radical (unpaired) electrons. The lowest BCUT2D eigenvalue weighted by atomic mass is 10.2. The number of alkyl carbamates (subject to hydrolysis) is 1. The first-order chi connectivity index (χ1) is 7.29. The van der Waals surface area contributed by atoms with E-state index >= 15 is 0 Å². The van der Waals surface area contributed by atoms with E-state index in [1.165, 1.54) is 0 Å². The molecule has 5 nitrogen and oxygen atoms in total. The first-order valence-electron chi connectivity index (χ1n) is 4.93. The van der Waals surface area contributed by atoms with Crippen LogP contribution in [-0.2, 0) is 18.3 Å². The Balaban J connectivity index is 2.50. The summed E-state index contributed by atoms with van der Waals surface area (Å²) in [5.74, 6) is 0. The van der Waals surface area contributed by atoms with Crippen molar-refractivity contribution in [1.29, 1.82) is 0 Å². The summed E-state index contributed by atoms with van der Waals surface area (Å²) in [4.78, 5) is 11.4. The van der Waals surface area contributed by atoms with E-state index in [0.29, 0.717) is 6.54 Å². The molecule has 1 aromatic heterocycles. The van der Waals surface area contributed by atoms with Crippen molar-refractivity contribution in [1.82, 2.24) is 15.1 Å². The van der Waals surface area contributed by atoms with Crippen molar-refractivity contribution in [3.05, 3.63) is 16.4 Å². The van der Waals surface area contributed by atoms with Crippen molar-refractivity contribution in [3.63, 3.8) is 0 Å². The molecule has 0 aromatic carbocycles. The van der Waals surface area contributed by atoms with Gasteiger partial charge in [0.05, 0.1) is 22.9 Å². The first kappa shape index (κ1) is 13.0. The molecule has 0 aliphatic carbocycles. The van der Waals surface area contributed by atoms with Crippen LogP contribution >= 0.6 is 15.9 Å². The molecule has 1 heterocycles. The average Bonchev–Trinajstić information content (AvgIpc) is 2.41. The third-order valence-electron chi connectivity index (χ3n) is 1.81. The summed E-state index contributed by atoms with van der Waals surface area (Å²) in [5.41, 5.74) is 0.416. The largest absolute Gasteiger partial charge is 0.444 e. The predicted molar refractivity (Wildman–Crippen MR) is 64.0 cm³/mol. The molecule has 1 aromatic rings. The number of hydrogen-bond acceptors (Lipinski definition) is 3. The second-order valence-electron chi connectivity index (χ2n) is 4.42. The van der Waals surface area contributed by atoms with Crippen LogP contribution < -0.4 is 5.32 Å². The number of halogens is 1. The second-order valence-corrected chi connectivity index (χ2v) is 5.27. The number of nitrogens with zero attached hydrogens (tertiary/aromatic N) is 2. The molecule has 0 bridgehead atoms. The molecular weight excluding hydrogens is 274 g/mol. The van der Waals surface area contributed by atoms with Gasteiger partial charge in [-0.3, -0.25) is 4.68 Å². The topological polar surface area (TPSA) is 56.2 Å². The summed E-state index contributed by atoms with van der Waals surface area (Å²) in [6.45, 7) is 5.86. The molecule has 16 heavy (non-hydrogen) atoms. The van der Waals surface area contributed by atoms with Gasteiger partial charge in [-0.2, -0.15) is 5.10 Å². The Morgan fingerprint density at radius 1 is 1.62 bits per heavy atom. The zero-order chi connectivity index (χ0) is 12.3. The third kappa shape index (κ3) is 3.84. The van der Waals surface area contributed by atoms with Crippen molar-refractivity contribution in [2.24, 2.45) is 7.05 Å². The number of rotatable bonds is 2. The summed E-state index contributed by atoms with van der Waals surface area (Å²) >= 11 is 3.35. The maximum Gasteiger partial charge on any atom is 0.407 e. The molecule has 0 spiro atoms. The van der Waals surface area contributed by atoms with Gasteiger partial charge in [-0.05, 0) is 36.7 Å². The van der Waals surface area contributed by atoms with E-state index in [1.54, 1.807) is 10.9 Å². The zero-order valence-corrected chi connectivity index (χ0v) is 11.5. The standard InChI is InChI=1S/C10H16BrN3O2/c1-10(2,3)16-9(15)12-6-8-7(11)5-13-14(8)4/h5H,6H2,1-4H3,(H,12,15). The highest BCUT2D eigenvalue weighted by atomic mass is 79.9. The summed E-state index contributed by atoms with van der Waals surface area (Å²) < 4.78 is 7.68. The summed E-state index contributed by atoms with van der Waals surface area (Å²) in [6.07, 6.45) is 1.26. The van der Waals surface area contributed by atoms with Crippen LogP contribution in [0.1, 0.15) is 26.5 Å². The first-order valence-corrected chi connectivity index (χ1v) is 5.72. The van der Waals surface area contributed by atoms with E-state index in [1.807, 2.05) is 27.8 Å². The lowest BCUT2D eigenvalue weighted by Gasteiger charge is -2.19. The van der Waals surface area contributed by atoms with Gasteiger partial charge in [0.15, 0.2) is 0 Å². The van der Waals surface area contributed by atoms with Crippen LogP contribution in [0.5, 0.6) is 0 Å². The highest BCUT2D eigenvalue weighted by Gasteiger charge is 2.16. The normalized spacial score (nSPS) is 11.3. The summed E-state index contributed by atoms with van der Waals surface area (Å²) in [6, 6.07) is 0. The molecule has 0 fully saturated rings. The van der Waals surface area contributed by atoms with Gasteiger partial charge in [0.25, 0.3) is 0 Å². The lowest BCUT2D eigenvalue weighted by Crippen LogP contribution is -2.32. The second kappa shape index (κ2) is 4.86. The summed E-state index contributed by atoms with van der Waals surface area (Å²) in [5, 5.41) is 6.72. The Labute approximate surface area is 103 Å². The fourth-order valence-electron chi connectivity index (χ4n) is 1.10. The fourth-order valence-corrected chi connectivity index (χ4v) is 1.59. The molecule has 0 saturated heterocycles. The molecular formula is C10H16BrN3O2. The van der Waals surface area contributed by atoms with E-state index in [4.69, 9.17) is 4.74 Å². The molecule has 0 atom stereocenters. The van der Waals surface area contributed by atoms with Gasteiger partial charge in [-0.15, -0.1) is 0 Å². The monoisotopic (exact) mass is 289 g/mol. The maximum atomic E-state index is 11.4. The minimum atomic E-state index is -0.478. The van der Waals surface area contributed by atoms with Gasteiger partial charge in [0, 0.05) is 7.05 Å². The molecule has 0 aliphatic rings. The molecule has 1 N–H and O–H groups in total. The highest BCUT2D eigenvalue weighted by molar-refractivity contribution is 9.10. The number of aromatic nitrogens is 2. The molecule has 0 unspecified atom stereocenters. The molecule has 1 amide bonds. The van der Waals surface area contributed by atoms with Crippen LogP contribution in [0.3, 0.4) is 0 Å². The van der Waals surface area contributed by atoms with E-state index in [-0.39, 0.29) is 0 Å². The number of carbonyl (C=O) groups excluding carboxylic acids is 1. The van der Waals surface area contributed by atoms with E-state index < -0.39 is 11.7 Å². The number of aryl methyl sites for hydroxylation is 1. The Hall–Kier alpha value is -1.04. The number of hydrogen-bond donors (Lipinski definition) is 1. The number of carbonyl (C=O) groups is 1. The Morgan fingerprint density at radius 3 is 2.69 bits per heavy atom. The highest BCUT2D eigenvalue weighted by Crippen LogP contribution is 2.14. The van der Waals surface area contributed by atoms with Crippen molar-refractivity contribution in [3.8, 4) is 0 Å². The maximum absolute atomic E-state index is 11.4. The third-order valence-corrected chi connectivity index (χ3v) is 2.47. The van der Waals surface area contributed by atoms with Crippen LogP contribution in [0.15, 0.2) is 10.7 Å². The molecule has 0 aliphatic heterocycles. The van der Waals surface area contributed by atoms with Gasteiger partial charge < -0.3 is 10.1 Å². The molecule has 1 rings (SSSR count). The number of amides is 1. The SMILES string of the molecule is Cn1ncc(Br)c1CNC(=O)OC(C)(C)C. The van der Waals surface area contributed by atoms with Crippen LogP contribution in [-0.4, -0.2) is 21.5 Å². The average molecular weight is 290 g/mol. The van der Waals surface area contributed by atoms with E-state index in [9.17, 15) is 4.79 Å².